The first-order valence-corrected chi connectivity index (χ1v) is 11.5. The number of rotatable bonds is 6. The zero-order valence-corrected chi connectivity index (χ0v) is 19.4. The van der Waals surface area contributed by atoms with Crippen LogP contribution in [0, 0.1) is 0 Å². The summed E-state index contributed by atoms with van der Waals surface area (Å²) in [5.41, 5.74) is 5.87. The number of hydrogen-bond acceptors (Lipinski definition) is 6. The molecule has 1 atom stereocenters. The van der Waals surface area contributed by atoms with Crippen molar-refractivity contribution in [3.63, 3.8) is 0 Å². The third-order valence-electron chi connectivity index (χ3n) is 5.58. The number of fused-ring (bicyclic) bond motifs is 1. The van der Waals surface area contributed by atoms with Crippen molar-refractivity contribution in [1.29, 1.82) is 0 Å². The van der Waals surface area contributed by atoms with Crippen LogP contribution in [0.15, 0.2) is 42.7 Å². The van der Waals surface area contributed by atoms with Crippen LogP contribution in [0.25, 0.3) is 26.0 Å². The van der Waals surface area contributed by atoms with Crippen molar-refractivity contribution in [3.8, 4) is 28.1 Å². The average Bonchev–Trinajstić information content (AvgIpc) is 3.45. The topological polar surface area (TPSA) is 71.3 Å². The molecule has 1 aliphatic heterocycles. The van der Waals surface area contributed by atoms with Crippen LogP contribution < -0.4 is 4.74 Å². The van der Waals surface area contributed by atoms with E-state index in [1.54, 1.807) is 7.11 Å². The summed E-state index contributed by atoms with van der Waals surface area (Å²) in [6, 6.07) is 8.19. The van der Waals surface area contributed by atoms with Gasteiger partial charge < -0.3 is 14.2 Å². The lowest BCUT2D eigenvalue weighted by atomic mass is 10.0. The minimum atomic E-state index is 0.0177. The first kappa shape index (κ1) is 20.6. The van der Waals surface area contributed by atoms with Gasteiger partial charge in [0, 0.05) is 34.6 Å². The number of halogens is 1. The van der Waals surface area contributed by atoms with E-state index in [1.807, 2.05) is 29.2 Å². The van der Waals surface area contributed by atoms with E-state index in [2.05, 4.69) is 56.1 Å². The molecule has 0 radical (unpaired) electrons. The normalized spacial score (nSPS) is 18.0. The van der Waals surface area contributed by atoms with E-state index in [1.165, 1.54) is 12.0 Å². The average molecular weight is 530 g/mol. The molecule has 0 bridgehead atoms. The van der Waals surface area contributed by atoms with Gasteiger partial charge in [-0.25, -0.2) is 4.68 Å². The number of benzene rings is 1. The molecule has 1 fully saturated rings. The molecule has 1 unspecified atom stereocenters. The largest absolute Gasteiger partial charge is 0.467 e. The van der Waals surface area contributed by atoms with E-state index in [9.17, 15) is 0 Å². The second kappa shape index (κ2) is 9.05. The van der Waals surface area contributed by atoms with Gasteiger partial charge in [-0.05, 0) is 77.6 Å². The maximum absolute atomic E-state index is 5.91. The van der Waals surface area contributed by atoms with Gasteiger partial charge in [-0.1, -0.05) is 12.1 Å². The summed E-state index contributed by atoms with van der Waals surface area (Å²) in [5.74, 6) is 0.705. The minimum Gasteiger partial charge on any atom is -0.467 e. The van der Waals surface area contributed by atoms with Crippen LogP contribution in [0.4, 0.5) is 0 Å². The Hall–Kier alpha value is -2.30. The predicted octanol–water partition coefficient (Wildman–Crippen LogP) is 5.02. The SMILES string of the molecule is COCOc1cc(-c2cnn(C3CCCCO3)c2)ccc1-c1cc2c(nn1)C(I)=CC2. The van der Waals surface area contributed by atoms with Crippen LogP contribution in [0.5, 0.6) is 5.75 Å². The van der Waals surface area contributed by atoms with Crippen molar-refractivity contribution in [3.05, 3.63) is 54.0 Å². The van der Waals surface area contributed by atoms with E-state index >= 15 is 0 Å². The van der Waals surface area contributed by atoms with Gasteiger partial charge in [0.2, 0.25) is 0 Å². The standard InChI is InChI=1S/C23H23IN4O3/c1-29-14-31-21-11-15(17-12-25-28(13-17)22-4-2-3-9-30-22)5-7-18(21)20-10-16-6-8-19(24)23(16)27-26-20/h5,7-8,10-13,22H,2-4,6,9,14H2,1H3. The highest BCUT2D eigenvalue weighted by Gasteiger charge is 2.19. The summed E-state index contributed by atoms with van der Waals surface area (Å²) in [6.07, 6.45) is 10.3. The predicted molar refractivity (Wildman–Crippen MR) is 126 cm³/mol. The van der Waals surface area contributed by atoms with Gasteiger partial charge in [-0.15, -0.1) is 10.2 Å². The summed E-state index contributed by atoms with van der Waals surface area (Å²) in [5, 5.41) is 13.4. The summed E-state index contributed by atoms with van der Waals surface area (Å²) in [6.45, 7) is 0.948. The van der Waals surface area contributed by atoms with Gasteiger partial charge in [0.1, 0.15) is 17.7 Å². The number of nitrogens with zero attached hydrogens (tertiary/aromatic N) is 4. The number of aromatic nitrogens is 4. The quantitative estimate of drug-likeness (QED) is 0.329. The van der Waals surface area contributed by atoms with Gasteiger partial charge in [0.25, 0.3) is 0 Å². The van der Waals surface area contributed by atoms with Crippen molar-refractivity contribution in [2.75, 3.05) is 20.5 Å². The van der Waals surface area contributed by atoms with Crippen LogP contribution in [0.3, 0.4) is 0 Å². The Labute approximate surface area is 194 Å². The van der Waals surface area contributed by atoms with Crippen LogP contribution in [-0.2, 0) is 15.9 Å². The van der Waals surface area contributed by atoms with Gasteiger partial charge >= 0.3 is 0 Å². The van der Waals surface area contributed by atoms with E-state index < -0.39 is 0 Å². The molecule has 8 heteroatoms. The molecule has 0 amide bonds. The molecule has 1 aliphatic carbocycles. The second-order valence-electron chi connectivity index (χ2n) is 7.65. The van der Waals surface area contributed by atoms with E-state index in [4.69, 9.17) is 14.2 Å². The summed E-state index contributed by atoms with van der Waals surface area (Å²) in [7, 11) is 1.61. The molecule has 1 aromatic carbocycles. The molecule has 31 heavy (non-hydrogen) atoms. The van der Waals surface area contributed by atoms with E-state index in [0.29, 0.717) is 5.75 Å². The smallest absolute Gasteiger partial charge is 0.188 e. The Kier molecular flexibility index (Phi) is 6.02. The van der Waals surface area contributed by atoms with Crippen molar-refractivity contribution in [2.45, 2.75) is 31.9 Å². The Morgan fingerprint density at radius 3 is 2.97 bits per heavy atom. The van der Waals surface area contributed by atoms with Gasteiger partial charge in [0.05, 0.1) is 11.9 Å². The fourth-order valence-corrected chi connectivity index (χ4v) is 4.62. The number of hydrogen-bond donors (Lipinski definition) is 0. The molecule has 2 aromatic heterocycles. The molecular formula is C23H23IN4O3. The summed E-state index contributed by atoms with van der Waals surface area (Å²) >= 11 is 2.30. The Balaban J connectivity index is 1.47. The minimum absolute atomic E-state index is 0.0177. The zero-order chi connectivity index (χ0) is 21.2. The molecule has 0 saturated carbocycles. The van der Waals surface area contributed by atoms with Crippen molar-refractivity contribution in [1.82, 2.24) is 20.0 Å². The van der Waals surface area contributed by atoms with Gasteiger partial charge in [-0.2, -0.15) is 5.10 Å². The molecule has 0 spiro atoms. The lowest BCUT2D eigenvalue weighted by Gasteiger charge is -2.22. The van der Waals surface area contributed by atoms with Gasteiger partial charge in [-0.3, -0.25) is 0 Å². The first-order valence-electron chi connectivity index (χ1n) is 10.4. The number of allylic oxidation sites excluding steroid dienone is 1. The molecule has 0 N–H and O–H groups in total. The lowest BCUT2D eigenvalue weighted by Crippen LogP contribution is -2.18. The van der Waals surface area contributed by atoms with Gasteiger partial charge in [0.15, 0.2) is 6.79 Å². The molecule has 3 aromatic rings. The maximum atomic E-state index is 5.91. The van der Waals surface area contributed by atoms with Crippen molar-refractivity contribution in [2.24, 2.45) is 0 Å². The van der Waals surface area contributed by atoms with Crippen molar-refractivity contribution >= 4 is 26.2 Å². The maximum Gasteiger partial charge on any atom is 0.188 e. The van der Waals surface area contributed by atoms with Crippen LogP contribution in [0.1, 0.15) is 36.7 Å². The molecule has 1 saturated heterocycles. The Morgan fingerprint density at radius 1 is 1.19 bits per heavy atom. The third kappa shape index (κ3) is 4.24. The van der Waals surface area contributed by atoms with Crippen molar-refractivity contribution < 1.29 is 14.2 Å². The summed E-state index contributed by atoms with van der Waals surface area (Å²) < 4.78 is 20.0. The highest BCUT2D eigenvalue weighted by molar-refractivity contribution is 14.1. The highest BCUT2D eigenvalue weighted by atomic mass is 127. The second-order valence-corrected chi connectivity index (χ2v) is 8.81. The van der Waals surface area contributed by atoms with E-state index in [0.717, 1.165) is 57.5 Å². The van der Waals surface area contributed by atoms with Crippen LogP contribution >= 0.6 is 22.6 Å². The molecule has 7 nitrogen and oxygen atoms in total. The Bertz CT molecular complexity index is 1120. The molecule has 2 aliphatic rings. The van der Waals surface area contributed by atoms with E-state index in [-0.39, 0.29) is 13.0 Å². The number of methoxy groups -OCH3 is 1. The van der Waals surface area contributed by atoms with Crippen LogP contribution in [-0.4, -0.2) is 40.5 Å². The third-order valence-corrected chi connectivity index (χ3v) is 6.53. The van der Waals surface area contributed by atoms with Crippen LogP contribution in [0.2, 0.25) is 0 Å². The monoisotopic (exact) mass is 530 g/mol. The molecular weight excluding hydrogens is 507 g/mol. The number of ether oxygens (including phenoxy) is 3. The highest BCUT2D eigenvalue weighted by Crippen LogP contribution is 2.37. The first-order chi connectivity index (χ1) is 15.2. The summed E-state index contributed by atoms with van der Waals surface area (Å²) in [4.78, 5) is 0. The molecule has 160 valence electrons. The Morgan fingerprint density at radius 2 is 2.13 bits per heavy atom. The molecule has 3 heterocycles. The fourth-order valence-electron chi connectivity index (χ4n) is 3.95. The lowest BCUT2D eigenvalue weighted by molar-refractivity contribution is -0.0394. The fraction of sp³-hybridized carbons (Fsp3) is 0.348. The molecule has 5 rings (SSSR count). The zero-order valence-electron chi connectivity index (χ0n) is 17.3.